The minimum atomic E-state index is -5.05. The van der Waals surface area contributed by atoms with Crippen LogP contribution in [0.5, 0.6) is 0 Å². The quantitative estimate of drug-likeness (QED) is 0.413. The molecule has 2 fully saturated rings. The van der Waals surface area contributed by atoms with E-state index in [4.69, 9.17) is 5.11 Å². The van der Waals surface area contributed by atoms with E-state index in [-0.39, 0.29) is 37.0 Å². The van der Waals surface area contributed by atoms with Gasteiger partial charge in [0.05, 0.1) is 17.2 Å². The molecule has 0 unspecified atom stereocenters. The Morgan fingerprint density at radius 1 is 0.913 bits per heavy atom. The van der Waals surface area contributed by atoms with Gasteiger partial charge >= 0.3 is 12.4 Å². The van der Waals surface area contributed by atoms with Crippen LogP contribution < -0.4 is 0 Å². The Morgan fingerprint density at radius 2 is 1.48 bits per heavy atom. The van der Waals surface area contributed by atoms with Crippen molar-refractivity contribution >= 4 is 17.7 Å². The lowest BCUT2D eigenvalue weighted by atomic mass is 9.77. The molecule has 46 heavy (non-hydrogen) atoms. The molecule has 0 bridgehead atoms. The molecule has 2 aliphatic rings. The first-order valence-corrected chi connectivity index (χ1v) is 14.9. The highest BCUT2D eigenvalue weighted by molar-refractivity contribution is 5.83. The van der Waals surface area contributed by atoms with Gasteiger partial charge in [0, 0.05) is 51.0 Å². The first-order chi connectivity index (χ1) is 21.4. The Morgan fingerprint density at radius 3 is 2.00 bits per heavy atom. The molecule has 0 saturated carbocycles. The number of aliphatic hydroxyl groups is 1. The van der Waals surface area contributed by atoms with Crippen molar-refractivity contribution in [3.8, 4) is 0 Å². The molecule has 14 heteroatoms. The Labute approximate surface area is 261 Å². The van der Waals surface area contributed by atoms with E-state index in [1.54, 1.807) is 11.8 Å². The van der Waals surface area contributed by atoms with Crippen LogP contribution in [0.4, 0.5) is 30.7 Å². The second-order valence-corrected chi connectivity index (χ2v) is 12.1. The van der Waals surface area contributed by atoms with Gasteiger partial charge in [-0.25, -0.2) is 4.39 Å². The first kappa shape index (κ1) is 35.2. The molecule has 7 nitrogen and oxygen atoms in total. The molecule has 2 saturated heterocycles. The van der Waals surface area contributed by atoms with Crippen LogP contribution in [0.15, 0.2) is 36.4 Å². The second kappa shape index (κ2) is 13.6. The highest BCUT2D eigenvalue weighted by Gasteiger charge is 2.42. The van der Waals surface area contributed by atoms with Gasteiger partial charge in [-0.1, -0.05) is 6.07 Å². The van der Waals surface area contributed by atoms with E-state index in [0.29, 0.717) is 49.2 Å². The van der Waals surface area contributed by atoms with Crippen molar-refractivity contribution < 1.29 is 50.2 Å². The summed E-state index contributed by atoms with van der Waals surface area (Å²) < 4.78 is 95.2. The van der Waals surface area contributed by atoms with Gasteiger partial charge in [-0.15, -0.1) is 0 Å². The number of carbonyl (C=O) groups is 3. The normalized spacial score (nSPS) is 20.4. The van der Waals surface area contributed by atoms with Gasteiger partial charge in [0.2, 0.25) is 17.7 Å². The molecule has 0 aromatic heterocycles. The molecule has 0 aliphatic carbocycles. The minimum absolute atomic E-state index is 0.0342. The summed E-state index contributed by atoms with van der Waals surface area (Å²) in [7, 11) is 1.31. The van der Waals surface area contributed by atoms with Crippen molar-refractivity contribution in [2.24, 2.45) is 11.8 Å². The van der Waals surface area contributed by atoms with Crippen molar-refractivity contribution in [1.82, 2.24) is 14.7 Å². The molecule has 2 heterocycles. The molecule has 2 aliphatic heterocycles. The minimum Gasteiger partial charge on any atom is -0.387 e. The van der Waals surface area contributed by atoms with Gasteiger partial charge in [-0.3, -0.25) is 14.4 Å². The van der Waals surface area contributed by atoms with Gasteiger partial charge in [0.1, 0.15) is 12.4 Å². The monoisotopic (exact) mass is 659 g/mol. The van der Waals surface area contributed by atoms with Crippen molar-refractivity contribution in [3.05, 3.63) is 70.0 Å². The number of benzene rings is 2. The van der Waals surface area contributed by atoms with Crippen molar-refractivity contribution in [2.45, 2.75) is 57.4 Å². The number of halogens is 7. The summed E-state index contributed by atoms with van der Waals surface area (Å²) in [4.78, 5) is 43.6. The smallest absolute Gasteiger partial charge is 0.387 e. The number of aryl methyl sites for hydroxylation is 1. The summed E-state index contributed by atoms with van der Waals surface area (Å²) in [6.45, 7) is 3.25. The molecular formula is C32H36F7N3O4. The fourth-order valence-corrected chi connectivity index (χ4v) is 6.45. The van der Waals surface area contributed by atoms with Gasteiger partial charge in [0.25, 0.3) is 0 Å². The van der Waals surface area contributed by atoms with E-state index in [1.807, 2.05) is 0 Å². The second-order valence-electron chi connectivity index (χ2n) is 12.1. The van der Waals surface area contributed by atoms with Crippen LogP contribution in [0.2, 0.25) is 0 Å². The number of likely N-dealkylation sites (tertiary alicyclic amines) is 2. The van der Waals surface area contributed by atoms with Crippen molar-refractivity contribution in [3.63, 3.8) is 0 Å². The molecule has 1 N–H and O–H groups in total. The number of carbonyl (C=O) groups excluding carboxylic acids is 3. The van der Waals surface area contributed by atoms with E-state index in [1.165, 1.54) is 37.1 Å². The summed E-state index contributed by atoms with van der Waals surface area (Å²) in [5.41, 5.74) is -2.19. The SMILES string of the molecule is Cc1cc(F)ccc1[C@H]1CN(C(=O)C2CCN(C(=O)CO)CC2)CC[C@@H]1C(=O)N(C)[C@H](C)c1cc(C(F)(F)F)cc(C(F)(F)F)c1. The third-order valence-corrected chi connectivity index (χ3v) is 9.23. The first-order valence-electron chi connectivity index (χ1n) is 14.9. The lowest BCUT2D eigenvalue weighted by molar-refractivity contribution is -0.146. The van der Waals surface area contributed by atoms with E-state index in [2.05, 4.69) is 0 Å². The molecular weight excluding hydrogens is 623 g/mol. The van der Waals surface area contributed by atoms with Gasteiger partial charge in [0.15, 0.2) is 0 Å². The maximum atomic E-state index is 14.0. The van der Waals surface area contributed by atoms with Crippen LogP contribution in [0.25, 0.3) is 0 Å². The van der Waals surface area contributed by atoms with Crippen molar-refractivity contribution in [2.75, 3.05) is 39.8 Å². The highest BCUT2D eigenvalue weighted by atomic mass is 19.4. The Bertz CT molecular complexity index is 1420. The largest absolute Gasteiger partial charge is 0.416 e. The summed E-state index contributed by atoms with van der Waals surface area (Å²) >= 11 is 0. The number of alkyl halides is 6. The lowest BCUT2D eigenvalue weighted by Gasteiger charge is -2.42. The predicted octanol–water partition coefficient (Wildman–Crippen LogP) is 5.55. The lowest BCUT2D eigenvalue weighted by Crippen LogP contribution is -2.51. The number of hydrogen-bond donors (Lipinski definition) is 1. The molecule has 4 rings (SSSR count). The van der Waals surface area contributed by atoms with Gasteiger partial charge in [-0.2, -0.15) is 26.3 Å². The van der Waals surface area contributed by atoms with E-state index >= 15 is 0 Å². The van der Waals surface area contributed by atoms with E-state index < -0.39 is 71.5 Å². The van der Waals surface area contributed by atoms with Crippen LogP contribution in [-0.2, 0) is 26.7 Å². The fraction of sp³-hybridized carbons (Fsp3) is 0.531. The molecule has 2 aromatic rings. The standard InChI is InChI=1S/C32H36F7N3O4/c1-18-12-24(33)4-5-25(18)27-16-42(29(45)20-6-9-41(10-7-20)28(44)17-43)11-8-26(27)30(46)40(3)19(2)21-13-22(31(34,35)36)15-23(14-21)32(37,38)39/h4-5,12-15,19-20,26-27,43H,6-11,16-17H2,1-3H3/t19-,26+,27-/m1/s1. The zero-order chi connectivity index (χ0) is 34.1. The van der Waals surface area contributed by atoms with Crippen LogP contribution in [0.3, 0.4) is 0 Å². The number of nitrogens with zero attached hydrogens (tertiary/aromatic N) is 3. The molecule has 0 spiro atoms. The summed E-state index contributed by atoms with van der Waals surface area (Å²) in [5, 5.41) is 9.13. The van der Waals surface area contributed by atoms with Gasteiger partial charge in [-0.05, 0) is 80.1 Å². The predicted molar refractivity (Wildman–Crippen MR) is 153 cm³/mol. The number of aliphatic hydroxyl groups excluding tert-OH is 1. The van der Waals surface area contributed by atoms with Crippen molar-refractivity contribution in [1.29, 1.82) is 0 Å². The maximum absolute atomic E-state index is 14.0. The van der Waals surface area contributed by atoms with Crippen LogP contribution in [0.1, 0.15) is 66.0 Å². The summed E-state index contributed by atoms with van der Waals surface area (Å²) in [5.74, 6) is -3.46. The number of hydrogen-bond acceptors (Lipinski definition) is 4. The average molecular weight is 660 g/mol. The molecule has 3 amide bonds. The van der Waals surface area contributed by atoms with Gasteiger partial charge < -0.3 is 19.8 Å². The molecule has 2 aromatic carbocycles. The van der Waals surface area contributed by atoms with E-state index in [0.717, 1.165) is 4.90 Å². The molecule has 0 radical (unpaired) electrons. The Kier molecular flexibility index (Phi) is 10.4. The van der Waals surface area contributed by atoms with E-state index in [9.17, 15) is 45.1 Å². The summed E-state index contributed by atoms with van der Waals surface area (Å²) in [6, 6.07) is 4.11. The van der Waals surface area contributed by atoms with Crippen LogP contribution >= 0.6 is 0 Å². The topological polar surface area (TPSA) is 81.2 Å². The number of amides is 3. The van der Waals surface area contributed by atoms with Crippen LogP contribution in [0, 0.1) is 24.6 Å². The Hall–Kier alpha value is -3.68. The highest BCUT2D eigenvalue weighted by Crippen LogP contribution is 2.40. The zero-order valence-corrected chi connectivity index (χ0v) is 25.6. The molecule has 3 atom stereocenters. The van der Waals surface area contributed by atoms with Crippen LogP contribution in [-0.4, -0.2) is 77.4 Å². The number of rotatable bonds is 6. The Balaban J connectivity index is 1.60. The third-order valence-electron chi connectivity index (χ3n) is 9.23. The maximum Gasteiger partial charge on any atom is 0.416 e. The fourth-order valence-electron chi connectivity index (χ4n) is 6.45. The average Bonchev–Trinajstić information content (AvgIpc) is 3.01. The summed E-state index contributed by atoms with van der Waals surface area (Å²) in [6.07, 6.45) is -9.16. The third kappa shape index (κ3) is 7.64. The zero-order valence-electron chi connectivity index (χ0n) is 25.6. The molecule has 252 valence electrons. The number of piperidine rings is 2.